The monoisotopic (exact) mass is 313 g/mol. The highest BCUT2D eigenvalue weighted by Gasteiger charge is 2.56. The third-order valence-corrected chi connectivity index (χ3v) is 4.36. The van der Waals surface area contributed by atoms with Crippen LogP contribution in [0.2, 0.25) is 0 Å². The maximum absolute atomic E-state index is 12.3. The maximum atomic E-state index is 12.3. The second-order valence-electron chi connectivity index (χ2n) is 5.93. The van der Waals surface area contributed by atoms with E-state index in [1.165, 1.54) is 25.9 Å². The molecule has 0 aromatic rings. The van der Waals surface area contributed by atoms with Crippen molar-refractivity contribution in [3.05, 3.63) is 0 Å². The third-order valence-electron chi connectivity index (χ3n) is 4.36. The van der Waals surface area contributed by atoms with Gasteiger partial charge in [0.15, 0.2) is 5.60 Å². The summed E-state index contributed by atoms with van der Waals surface area (Å²) in [6.07, 6.45) is 0.431. The van der Waals surface area contributed by atoms with Crippen LogP contribution in [0.1, 0.15) is 26.7 Å². The molecular weight excluding hydrogens is 290 g/mol. The van der Waals surface area contributed by atoms with Gasteiger partial charge in [-0.3, -0.25) is 19.4 Å². The number of hydrogen-bond donors (Lipinski definition) is 1. The Bertz CT molecular complexity index is 493. The number of imide groups is 1. The second-order valence-corrected chi connectivity index (χ2v) is 5.93. The van der Waals surface area contributed by atoms with Gasteiger partial charge in [-0.15, -0.1) is 0 Å². The Morgan fingerprint density at radius 2 is 2.05 bits per heavy atom. The second kappa shape index (κ2) is 5.85. The molecule has 2 saturated heterocycles. The van der Waals surface area contributed by atoms with E-state index in [-0.39, 0.29) is 12.6 Å². The van der Waals surface area contributed by atoms with Crippen molar-refractivity contribution in [3.63, 3.8) is 0 Å². The fourth-order valence-electron chi connectivity index (χ4n) is 3.37. The zero-order valence-electron chi connectivity index (χ0n) is 13.4. The molecule has 0 aliphatic carbocycles. The average molecular weight is 313 g/mol. The standard InChI is InChI=1S/C14H23N3O5/c1-5-22-10(18)9-7-6-8-17(9)11-14(2,21)12(19)16(4)13(20)15(11)3/h9,11,21H,5-8H2,1-4H3/t9-,11+,14+/m0/s1. The van der Waals surface area contributed by atoms with Crippen molar-refractivity contribution in [1.29, 1.82) is 0 Å². The number of urea groups is 1. The summed E-state index contributed by atoms with van der Waals surface area (Å²) < 4.78 is 5.06. The van der Waals surface area contributed by atoms with Gasteiger partial charge in [0.25, 0.3) is 5.91 Å². The summed E-state index contributed by atoms with van der Waals surface area (Å²) in [5.41, 5.74) is -1.79. The van der Waals surface area contributed by atoms with Crippen molar-refractivity contribution < 1.29 is 24.2 Å². The van der Waals surface area contributed by atoms with Crippen LogP contribution >= 0.6 is 0 Å². The average Bonchev–Trinajstić information content (AvgIpc) is 2.92. The predicted octanol–water partition coefficient (Wildman–Crippen LogP) is -0.385. The van der Waals surface area contributed by atoms with Crippen molar-refractivity contribution in [2.75, 3.05) is 27.2 Å². The lowest BCUT2D eigenvalue weighted by molar-refractivity contribution is -0.175. The molecule has 3 amide bonds. The van der Waals surface area contributed by atoms with Crippen molar-refractivity contribution in [2.24, 2.45) is 0 Å². The highest BCUT2D eigenvalue weighted by molar-refractivity contribution is 6.01. The molecule has 3 atom stereocenters. The van der Waals surface area contributed by atoms with Gasteiger partial charge in [-0.05, 0) is 26.7 Å². The minimum absolute atomic E-state index is 0.265. The summed E-state index contributed by atoms with van der Waals surface area (Å²) in [6.45, 7) is 3.88. The number of aliphatic hydroxyl groups is 1. The molecule has 124 valence electrons. The van der Waals surface area contributed by atoms with Gasteiger partial charge in [0, 0.05) is 20.6 Å². The number of rotatable bonds is 3. The fourth-order valence-corrected chi connectivity index (χ4v) is 3.37. The van der Waals surface area contributed by atoms with Gasteiger partial charge in [-0.25, -0.2) is 4.79 Å². The van der Waals surface area contributed by atoms with Gasteiger partial charge in [-0.1, -0.05) is 0 Å². The van der Waals surface area contributed by atoms with Crippen LogP contribution in [0.15, 0.2) is 0 Å². The van der Waals surface area contributed by atoms with Crippen LogP contribution in [0.25, 0.3) is 0 Å². The summed E-state index contributed by atoms with van der Waals surface area (Å²) in [7, 11) is 2.85. The Morgan fingerprint density at radius 1 is 1.41 bits per heavy atom. The van der Waals surface area contributed by atoms with Gasteiger partial charge < -0.3 is 14.7 Å². The van der Waals surface area contributed by atoms with Gasteiger partial charge in [-0.2, -0.15) is 0 Å². The molecule has 2 aliphatic heterocycles. The molecule has 8 nitrogen and oxygen atoms in total. The van der Waals surface area contributed by atoms with E-state index in [9.17, 15) is 19.5 Å². The summed E-state index contributed by atoms with van der Waals surface area (Å²) in [5, 5.41) is 10.7. The Kier molecular flexibility index (Phi) is 4.44. The lowest BCUT2D eigenvalue weighted by atomic mass is 9.95. The van der Waals surface area contributed by atoms with Gasteiger partial charge in [0.1, 0.15) is 12.2 Å². The van der Waals surface area contributed by atoms with E-state index in [2.05, 4.69) is 0 Å². The topological polar surface area (TPSA) is 90.4 Å². The van der Waals surface area contributed by atoms with E-state index in [0.717, 1.165) is 11.3 Å². The van der Waals surface area contributed by atoms with E-state index < -0.39 is 29.7 Å². The molecule has 8 heteroatoms. The molecule has 0 radical (unpaired) electrons. The number of nitrogens with zero attached hydrogens (tertiary/aromatic N) is 3. The number of esters is 1. The highest BCUT2D eigenvalue weighted by Crippen LogP contribution is 2.32. The van der Waals surface area contributed by atoms with E-state index >= 15 is 0 Å². The number of ether oxygens (including phenoxy) is 1. The van der Waals surface area contributed by atoms with Crippen LogP contribution in [0, 0.1) is 0 Å². The molecule has 2 rings (SSSR count). The third kappa shape index (κ3) is 2.46. The van der Waals surface area contributed by atoms with Crippen LogP contribution in [0.3, 0.4) is 0 Å². The molecule has 2 aliphatic rings. The molecule has 1 N–H and O–H groups in total. The van der Waals surface area contributed by atoms with E-state index in [0.29, 0.717) is 13.0 Å². The van der Waals surface area contributed by atoms with Crippen LogP contribution in [-0.4, -0.2) is 82.8 Å². The van der Waals surface area contributed by atoms with Crippen LogP contribution in [0.4, 0.5) is 4.79 Å². The first kappa shape index (κ1) is 16.7. The zero-order chi connectivity index (χ0) is 16.7. The summed E-state index contributed by atoms with van der Waals surface area (Å²) in [6, 6.07) is -1.06. The van der Waals surface area contributed by atoms with Crippen molar-refractivity contribution in [1.82, 2.24) is 14.7 Å². The number of likely N-dealkylation sites (N-methyl/N-ethyl adjacent to an activating group) is 2. The minimum atomic E-state index is -1.79. The molecule has 0 aromatic carbocycles. The Labute approximate surface area is 129 Å². The molecular formula is C14H23N3O5. The largest absolute Gasteiger partial charge is 0.465 e. The number of amides is 3. The molecule has 2 heterocycles. The van der Waals surface area contributed by atoms with Crippen molar-refractivity contribution in [3.8, 4) is 0 Å². The Hall–Kier alpha value is -1.67. The van der Waals surface area contributed by atoms with Crippen LogP contribution in [-0.2, 0) is 14.3 Å². The molecule has 0 unspecified atom stereocenters. The number of carbonyl (C=O) groups excluding carboxylic acids is 3. The van der Waals surface area contributed by atoms with E-state index in [1.54, 1.807) is 11.8 Å². The molecule has 22 heavy (non-hydrogen) atoms. The normalized spacial score (nSPS) is 33.5. The van der Waals surface area contributed by atoms with Crippen molar-refractivity contribution in [2.45, 2.75) is 44.5 Å². The van der Waals surface area contributed by atoms with Crippen molar-refractivity contribution >= 4 is 17.9 Å². The molecule has 2 fully saturated rings. The first-order valence-corrected chi connectivity index (χ1v) is 7.43. The van der Waals surface area contributed by atoms with Gasteiger partial charge in [0.05, 0.1) is 6.61 Å². The fraction of sp³-hybridized carbons (Fsp3) is 0.786. The smallest absolute Gasteiger partial charge is 0.327 e. The van der Waals surface area contributed by atoms with E-state index in [1.807, 2.05) is 0 Å². The molecule has 0 aromatic heterocycles. The first-order chi connectivity index (χ1) is 10.2. The summed E-state index contributed by atoms with van der Waals surface area (Å²) in [5.74, 6) is -1.06. The molecule has 0 bridgehead atoms. The minimum Gasteiger partial charge on any atom is -0.465 e. The Balaban J connectivity index is 2.33. The predicted molar refractivity (Wildman–Crippen MR) is 76.7 cm³/mol. The lowest BCUT2D eigenvalue weighted by Gasteiger charge is -2.49. The highest BCUT2D eigenvalue weighted by atomic mass is 16.5. The van der Waals surface area contributed by atoms with Gasteiger partial charge >= 0.3 is 12.0 Å². The number of carbonyl (C=O) groups is 3. The zero-order valence-corrected chi connectivity index (χ0v) is 13.4. The molecule has 0 saturated carbocycles. The van der Waals surface area contributed by atoms with Crippen LogP contribution < -0.4 is 0 Å². The van der Waals surface area contributed by atoms with E-state index in [4.69, 9.17) is 4.74 Å². The maximum Gasteiger partial charge on any atom is 0.327 e. The lowest BCUT2D eigenvalue weighted by Crippen LogP contribution is -2.73. The SMILES string of the molecule is CCOC(=O)[C@@H]1CCCN1[C@H]1N(C)C(=O)N(C)C(=O)[C@]1(C)O. The Morgan fingerprint density at radius 3 is 2.64 bits per heavy atom. The van der Waals surface area contributed by atoms with Gasteiger partial charge in [0.2, 0.25) is 0 Å². The summed E-state index contributed by atoms with van der Waals surface area (Å²) in [4.78, 5) is 40.4. The number of hydrogen-bond acceptors (Lipinski definition) is 6. The summed E-state index contributed by atoms with van der Waals surface area (Å²) >= 11 is 0. The van der Waals surface area contributed by atoms with Crippen LogP contribution in [0.5, 0.6) is 0 Å². The first-order valence-electron chi connectivity index (χ1n) is 7.43. The quantitative estimate of drug-likeness (QED) is 0.714. The molecule has 0 spiro atoms. The number of likely N-dealkylation sites (tertiary alicyclic amines) is 1.